The van der Waals surface area contributed by atoms with Crippen LogP contribution in [-0.2, 0) is 14.3 Å². The highest BCUT2D eigenvalue weighted by molar-refractivity contribution is 5.89. The average Bonchev–Trinajstić information content (AvgIpc) is 1.68. The van der Waals surface area contributed by atoms with Gasteiger partial charge < -0.3 is 4.74 Å². The van der Waals surface area contributed by atoms with Crippen LogP contribution in [0.25, 0.3) is 0 Å². The number of hydrogen-bond acceptors (Lipinski definition) is 3. The smallest absolute Gasteiger partial charge is 0.341 e. The molecular formula is C4H4O3. The van der Waals surface area contributed by atoms with Crippen molar-refractivity contribution in [3.05, 3.63) is 6.08 Å². The largest absolute Gasteiger partial charge is 0.465 e. The molecule has 0 spiro atoms. The van der Waals surface area contributed by atoms with Crippen molar-refractivity contribution in [3.63, 3.8) is 0 Å². The number of ether oxygens (including phenoxy) is 1. The summed E-state index contributed by atoms with van der Waals surface area (Å²) in [5, 5.41) is 0. The molecule has 3 nitrogen and oxygen atoms in total. The molecule has 0 aromatic rings. The maximum Gasteiger partial charge on any atom is 0.341 e. The van der Waals surface area contributed by atoms with Gasteiger partial charge in [-0.1, -0.05) is 0 Å². The number of carbonyl (C=O) groups is 1. The first-order valence-electron chi connectivity index (χ1n) is 1.60. The Hall–Kier alpha value is -1.08. The average molecular weight is 100 g/mol. The van der Waals surface area contributed by atoms with Crippen molar-refractivity contribution >= 4 is 11.9 Å². The van der Waals surface area contributed by atoms with Gasteiger partial charge in [-0.05, 0) is 0 Å². The van der Waals surface area contributed by atoms with Crippen molar-refractivity contribution in [2.45, 2.75) is 0 Å². The van der Waals surface area contributed by atoms with Crippen LogP contribution in [0.15, 0.2) is 6.08 Å². The molecule has 0 aromatic heterocycles. The second-order valence-corrected chi connectivity index (χ2v) is 0.785. The van der Waals surface area contributed by atoms with Crippen LogP contribution in [0.4, 0.5) is 0 Å². The SMILES string of the molecule is COC(=O)C=C=O. The first-order valence-corrected chi connectivity index (χ1v) is 1.60. The molecular weight excluding hydrogens is 96.0 g/mol. The Labute approximate surface area is 40.6 Å². The molecule has 0 atom stereocenters. The van der Waals surface area contributed by atoms with E-state index >= 15 is 0 Å². The molecule has 0 rings (SSSR count). The van der Waals surface area contributed by atoms with Gasteiger partial charge in [0.2, 0.25) is 0 Å². The second-order valence-electron chi connectivity index (χ2n) is 0.785. The van der Waals surface area contributed by atoms with E-state index in [9.17, 15) is 9.59 Å². The van der Waals surface area contributed by atoms with E-state index in [-0.39, 0.29) is 0 Å². The summed E-state index contributed by atoms with van der Waals surface area (Å²) < 4.78 is 4.03. The highest BCUT2D eigenvalue weighted by Crippen LogP contribution is 1.67. The monoisotopic (exact) mass is 100 g/mol. The maximum absolute atomic E-state index is 9.87. The Kier molecular flexibility index (Phi) is 2.64. The molecule has 0 bridgehead atoms. The lowest BCUT2D eigenvalue weighted by Crippen LogP contribution is -1.93. The van der Waals surface area contributed by atoms with E-state index in [0.717, 1.165) is 0 Å². The summed E-state index contributed by atoms with van der Waals surface area (Å²) in [6.07, 6.45) is 0.681. The molecule has 0 aromatic carbocycles. The van der Waals surface area contributed by atoms with Crippen molar-refractivity contribution in [2.75, 3.05) is 7.11 Å². The Morgan fingerprint density at radius 3 is 2.57 bits per heavy atom. The fourth-order valence-corrected chi connectivity index (χ4v) is 0.107. The minimum atomic E-state index is -0.671. The molecule has 0 aliphatic carbocycles. The van der Waals surface area contributed by atoms with Crippen LogP contribution in [0.3, 0.4) is 0 Å². The van der Waals surface area contributed by atoms with Crippen molar-refractivity contribution in [2.24, 2.45) is 0 Å². The Balaban J connectivity index is 3.58. The van der Waals surface area contributed by atoms with Crippen LogP contribution < -0.4 is 0 Å². The molecule has 3 heteroatoms. The van der Waals surface area contributed by atoms with E-state index in [1.807, 2.05) is 0 Å². The molecule has 0 N–H and O–H groups in total. The lowest BCUT2D eigenvalue weighted by Gasteiger charge is -1.81. The zero-order chi connectivity index (χ0) is 5.70. The van der Waals surface area contributed by atoms with Gasteiger partial charge in [0, 0.05) is 0 Å². The minimum absolute atomic E-state index is 0.671. The van der Waals surface area contributed by atoms with E-state index in [0.29, 0.717) is 6.08 Å². The third-order valence-electron chi connectivity index (χ3n) is 0.378. The van der Waals surface area contributed by atoms with E-state index in [2.05, 4.69) is 4.74 Å². The van der Waals surface area contributed by atoms with Crippen molar-refractivity contribution in [1.29, 1.82) is 0 Å². The summed E-state index contributed by atoms with van der Waals surface area (Å²) in [4.78, 5) is 19.2. The highest BCUT2D eigenvalue weighted by atomic mass is 16.5. The molecule has 0 saturated heterocycles. The predicted molar refractivity (Wildman–Crippen MR) is 22.3 cm³/mol. The number of hydrogen-bond donors (Lipinski definition) is 0. The molecule has 0 fully saturated rings. The fraction of sp³-hybridized carbons (Fsp3) is 0.250. The van der Waals surface area contributed by atoms with E-state index < -0.39 is 5.97 Å². The molecule has 0 heterocycles. The van der Waals surface area contributed by atoms with Gasteiger partial charge in [0.25, 0.3) is 0 Å². The first-order chi connectivity index (χ1) is 3.31. The summed E-state index contributed by atoms with van der Waals surface area (Å²) in [7, 11) is 1.19. The lowest BCUT2D eigenvalue weighted by molar-refractivity contribution is -0.134. The van der Waals surface area contributed by atoms with Crippen LogP contribution in [0.2, 0.25) is 0 Å². The van der Waals surface area contributed by atoms with Crippen LogP contribution in [0, 0.1) is 0 Å². The summed E-state index contributed by atoms with van der Waals surface area (Å²) in [5.74, 6) is 0.598. The molecule has 7 heavy (non-hydrogen) atoms. The molecule has 0 aliphatic heterocycles. The van der Waals surface area contributed by atoms with Gasteiger partial charge in [-0.2, -0.15) is 0 Å². The zero-order valence-electron chi connectivity index (χ0n) is 3.80. The number of methoxy groups -OCH3 is 1. The van der Waals surface area contributed by atoms with Gasteiger partial charge in [0.15, 0.2) is 0 Å². The maximum atomic E-state index is 9.87. The lowest BCUT2D eigenvalue weighted by atomic mass is 10.7. The van der Waals surface area contributed by atoms with Crippen molar-refractivity contribution in [3.8, 4) is 0 Å². The van der Waals surface area contributed by atoms with Gasteiger partial charge >= 0.3 is 5.97 Å². The Bertz CT molecular complexity index is 110. The standard InChI is InChI=1S/C4H4O3/c1-7-4(6)2-3-5/h2H,1H3. The number of rotatable bonds is 1. The van der Waals surface area contributed by atoms with Gasteiger partial charge in [-0.3, -0.25) is 0 Å². The van der Waals surface area contributed by atoms with E-state index in [4.69, 9.17) is 0 Å². The highest BCUT2D eigenvalue weighted by Gasteiger charge is 1.86. The Morgan fingerprint density at radius 2 is 2.43 bits per heavy atom. The number of carbonyl (C=O) groups excluding carboxylic acids is 2. The summed E-state index contributed by atoms with van der Waals surface area (Å²) in [6.45, 7) is 0. The first kappa shape index (κ1) is 5.92. The van der Waals surface area contributed by atoms with Crippen molar-refractivity contribution in [1.82, 2.24) is 0 Å². The molecule has 0 aliphatic rings. The van der Waals surface area contributed by atoms with Crippen LogP contribution >= 0.6 is 0 Å². The Morgan fingerprint density at radius 1 is 1.86 bits per heavy atom. The molecule has 0 saturated carbocycles. The molecule has 38 valence electrons. The molecule has 0 unspecified atom stereocenters. The van der Waals surface area contributed by atoms with E-state index in [1.54, 1.807) is 0 Å². The predicted octanol–water partition coefficient (Wildman–Crippen LogP) is -0.453. The zero-order valence-corrected chi connectivity index (χ0v) is 3.80. The molecule has 0 amide bonds. The quantitative estimate of drug-likeness (QED) is 0.254. The third-order valence-corrected chi connectivity index (χ3v) is 0.378. The topological polar surface area (TPSA) is 43.4 Å². The molecule has 0 radical (unpaired) electrons. The van der Waals surface area contributed by atoms with Crippen LogP contribution in [0.5, 0.6) is 0 Å². The van der Waals surface area contributed by atoms with Crippen molar-refractivity contribution < 1.29 is 14.3 Å². The summed E-state index contributed by atoms with van der Waals surface area (Å²) in [6, 6.07) is 0. The normalized spacial score (nSPS) is 6.43. The van der Waals surface area contributed by atoms with Gasteiger partial charge in [-0.25, -0.2) is 9.59 Å². The third kappa shape index (κ3) is 2.73. The van der Waals surface area contributed by atoms with Gasteiger partial charge in [0.05, 0.1) is 7.11 Å². The fourth-order valence-electron chi connectivity index (χ4n) is 0.107. The summed E-state index contributed by atoms with van der Waals surface area (Å²) >= 11 is 0. The number of esters is 1. The van der Waals surface area contributed by atoms with Gasteiger partial charge in [0.1, 0.15) is 12.0 Å². The van der Waals surface area contributed by atoms with Crippen LogP contribution in [0.1, 0.15) is 0 Å². The van der Waals surface area contributed by atoms with Gasteiger partial charge in [-0.15, -0.1) is 0 Å². The van der Waals surface area contributed by atoms with Crippen LogP contribution in [-0.4, -0.2) is 19.0 Å². The van der Waals surface area contributed by atoms with E-state index in [1.165, 1.54) is 13.1 Å². The minimum Gasteiger partial charge on any atom is -0.465 e. The second kappa shape index (κ2) is 3.12. The summed E-state index contributed by atoms with van der Waals surface area (Å²) in [5.41, 5.74) is 0.